The number of thioether (sulfide) groups is 1. The van der Waals surface area contributed by atoms with Crippen molar-refractivity contribution >= 4 is 17.7 Å². The second-order valence-corrected chi connectivity index (χ2v) is 7.05. The number of hydrogen-bond donors (Lipinski definition) is 0. The number of benzene rings is 1. The molecule has 0 spiro atoms. The molecular weight excluding hydrogens is 394 g/mol. The summed E-state index contributed by atoms with van der Waals surface area (Å²) in [6, 6.07) is 7.29. The van der Waals surface area contributed by atoms with Gasteiger partial charge in [0.1, 0.15) is 6.61 Å². The van der Waals surface area contributed by atoms with Crippen LogP contribution in [0.3, 0.4) is 0 Å². The van der Waals surface area contributed by atoms with Gasteiger partial charge >= 0.3 is 5.97 Å². The zero-order chi connectivity index (χ0) is 20.8. The first-order valence-corrected chi connectivity index (χ1v) is 10.0. The second-order valence-electron chi connectivity index (χ2n) is 6.11. The number of ether oxygens (including phenoxy) is 3. The SMILES string of the molecule is CCn1c(SCC(=O)OCc2cc(OC)c(OC)cc2C)nnc1-c1ccco1. The molecule has 0 saturated heterocycles. The van der Waals surface area contributed by atoms with Gasteiger partial charge in [-0.15, -0.1) is 10.2 Å². The highest BCUT2D eigenvalue weighted by molar-refractivity contribution is 7.99. The molecule has 0 saturated carbocycles. The Morgan fingerprint density at radius 1 is 1.21 bits per heavy atom. The number of aromatic nitrogens is 3. The van der Waals surface area contributed by atoms with Crippen LogP contribution in [0.1, 0.15) is 18.1 Å². The largest absolute Gasteiger partial charge is 0.493 e. The number of hydrogen-bond acceptors (Lipinski definition) is 8. The Hall–Kier alpha value is -2.94. The zero-order valence-corrected chi connectivity index (χ0v) is 17.6. The van der Waals surface area contributed by atoms with E-state index in [-0.39, 0.29) is 18.3 Å². The summed E-state index contributed by atoms with van der Waals surface area (Å²) in [7, 11) is 3.15. The number of esters is 1. The van der Waals surface area contributed by atoms with Gasteiger partial charge in [0.2, 0.25) is 0 Å². The van der Waals surface area contributed by atoms with Crippen molar-refractivity contribution in [2.24, 2.45) is 0 Å². The monoisotopic (exact) mass is 417 g/mol. The highest BCUT2D eigenvalue weighted by atomic mass is 32.2. The van der Waals surface area contributed by atoms with Crippen molar-refractivity contribution in [3.05, 3.63) is 41.7 Å². The summed E-state index contributed by atoms with van der Waals surface area (Å²) < 4.78 is 23.3. The minimum atomic E-state index is -0.339. The summed E-state index contributed by atoms with van der Waals surface area (Å²) in [5.74, 6) is 2.30. The standard InChI is InChI=1S/C20H23N3O5S/c1-5-23-19(15-7-6-8-27-15)21-22-20(23)29-12-18(24)28-11-14-10-17(26-4)16(25-3)9-13(14)2/h6-10H,5,11-12H2,1-4H3. The topological polar surface area (TPSA) is 88.6 Å². The Kier molecular flexibility index (Phi) is 6.82. The van der Waals surface area contributed by atoms with E-state index in [1.54, 1.807) is 26.5 Å². The molecule has 0 aliphatic heterocycles. The average Bonchev–Trinajstić information content (AvgIpc) is 3.40. The van der Waals surface area contributed by atoms with E-state index in [4.69, 9.17) is 18.6 Å². The molecule has 29 heavy (non-hydrogen) atoms. The molecule has 0 amide bonds. The van der Waals surface area contributed by atoms with E-state index in [1.165, 1.54) is 11.8 Å². The predicted molar refractivity (Wildman–Crippen MR) is 108 cm³/mol. The minimum Gasteiger partial charge on any atom is -0.493 e. The minimum absolute atomic E-state index is 0.128. The van der Waals surface area contributed by atoms with E-state index in [2.05, 4.69) is 10.2 Å². The van der Waals surface area contributed by atoms with Gasteiger partial charge in [0.25, 0.3) is 0 Å². The van der Waals surface area contributed by atoms with Gasteiger partial charge in [0.15, 0.2) is 28.2 Å². The molecule has 0 N–H and O–H groups in total. The Morgan fingerprint density at radius 3 is 2.62 bits per heavy atom. The van der Waals surface area contributed by atoms with E-state index < -0.39 is 0 Å². The van der Waals surface area contributed by atoms with Crippen LogP contribution in [0.25, 0.3) is 11.6 Å². The van der Waals surface area contributed by atoms with Crippen LogP contribution >= 0.6 is 11.8 Å². The Labute approximate surface area is 173 Å². The number of rotatable bonds is 9. The number of carbonyl (C=O) groups is 1. The van der Waals surface area contributed by atoms with Gasteiger partial charge in [-0.25, -0.2) is 0 Å². The van der Waals surface area contributed by atoms with E-state index >= 15 is 0 Å². The van der Waals surface area contributed by atoms with Gasteiger partial charge in [0, 0.05) is 6.54 Å². The Balaban J connectivity index is 1.60. The van der Waals surface area contributed by atoms with Crippen molar-refractivity contribution in [2.75, 3.05) is 20.0 Å². The smallest absolute Gasteiger partial charge is 0.316 e. The normalized spacial score (nSPS) is 10.8. The first-order valence-electron chi connectivity index (χ1n) is 9.04. The lowest BCUT2D eigenvalue weighted by Gasteiger charge is -2.13. The van der Waals surface area contributed by atoms with Crippen molar-refractivity contribution in [1.82, 2.24) is 14.8 Å². The summed E-state index contributed by atoms with van der Waals surface area (Å²) >= 11 is 1.28. The highest BCUT2D eigenvalue weighted by Crippen LogP contribution is 2.30. The number of nitrogens with zero attached hydrogens (tertiary/aromatic N) is 3. The van der Waals surface area contributed by atoms with Crippen LogP contribution < -0.4 is 9.47 Å². The van der Waals surface area contributed by atoms with Gasteiger partial charge in [-0.1, -0.05) is 11.8 Å². The molecule has 8 nitrogen and oxygen atoms in total. The third-order valence-corrected chi connectivity index (χ3v) is 5.26. The van der Waals surface area contributed by atoms with Crippen LogP contribution in [0.5, 0.6) is 11.5 Å². The van der Waals surface area contributed by atoms with Crippen LogP contribution in [0.4, 0.5) is 0 Å². The van der Waals surface area contributed by atoms with Crippen molar-refractivity contribution in [3.8, 4) is 23.1 Å². The molecule has 3 rings (SSSR count). The second kappa shape index (κ2) is 9.51. The molecule has 154 valence electrons. The molecule has 2 heterocycles. The van der Waals surface area contributed by atoms with E-state index in [0.717, 1.165) is 11.1 Å². The van der Waals surface area contributed by atoms with Crippen molar-refractivity contribution in [3.63, 3.8) is 0 Å². The maximum absolute atomic E-state index is 12.2. The molecular formula is C20H23N3O5S. The molecule has 0 fully saturated rings. The van der Waals surface area contributed by atoms with E-state index in [9.17, 15) is 4.79 Å². The Morgan fingerprint density at radius 2 is 1.97 bits per heavy atom. The molecule has 0 bridgehead atoms. The lowest BCUT2D eigenvalue weighted by molar-refractivity contribution is -0.141. The fourth-order valence-electron chi connectivity index (χ4n) is 2.77. The molecule has 3 aromatic rings. The molecule has 1 aromatic carbocycles. The fourth-order valence-corrected chi connectivity index (χ4v) is 3.57. The summed E-state index contributed by atoms with van der Waals surface area (Å²) in [6.45, 7) is 4.73. The first kappa shape index (κ1) is 20.8. The summed E-state index contributed by atoms with van der Waals surface area (Å²) in [5, 5.41) is 8.97. The third kappa shape index (κ3) is 4.73. The summed E-state index contributed by atoms with van der Waals surface area (Å²) in [4.78, 5) is 12.2. The lowest BCUT2D eigenvalue weighted by Crippen LogP contribution is -2.09. The number of carbonyl (C=O) groups excluding carboxylic acids is 1. The number of methoxy groups -OCH3 is 2. The quantitative estimate of drug-likeness (QED) is 0.384. The van der Waals surface area contributed by atoms with Gasteiger partial charge in [-0.2, -0.15) is 0 Å². The predicted octanol–water partition coefficient (Wildman–Crippen LogP) is 3.72. The van der Waals surface area contributed by atoms with Crippen LogP contribution in [0.2, 0.25) is 0 Å². The summed E-state index contributed by atoms with van der Waals surface area (Å²) in [6.07, 6.45) is 1.59. The van der Waals surface area contributed by atoms with Gasteiger partial charge in [-0.3, -0.25) is 9.36 Å². The van der Waals surface area contributed by atoms with Gasteiger partial charge in [0.05, 0.1) is 26.2 Å². The molecule has 2 aromatic heterocycles. The third-order valence-electron chi connectivity index (χ3n) is 4.32. The molecule has 0 unspecified atom stereocenters. The molecule has 9 heteroatoms. The molecule has 0 radical (unpaired) electrons. The molecule has 0 atom stereocenters. The molecule has 0 aliphatic rings. The van der Waals surface area contributed by atoms with Crippen LogP contribution in [-0.2, 0) is 22.7 Å². The summed E-state index contributed by atoms with van der Waals surface area (Å²) in [5.41, 5.74) is 1.81. The fraction of sp³-hybridized carbons (Fsp3) is 0.350. The highest BCUT2D eigenvalue weighted by Gasteiger charge is 2.17. The number of aryl methyl sites for hydroxylation is 1. The first-order chi connectivity index (χ1) is 14.1. The maximum Gasteiger partial charge on any atom is 0.316 e. The lowest BCUT2D eigenvalue weighted by atomic mass is 10.1. The Bertz CT molecular complexity index is 969. The van der Waals surface area contributed by atoms with E-state index in [1.807, 2.05) is 36.6 Å². The number of furan rings is 1. The molecule has 0 aliphatic carbocycles. The van der Waals surface area contributed by atoms with Crippen LogP contribution in [0, 0.1) is 6.92 Å². The maximum atomic E-state index is 12.2. The van der Waals surface area contributed by atoms with Gasteiger partial charge in [-0.05, 0) is 49.2 Å². The van der Waals surface area contributed by atoms with Crippen LogP contribution in [-0.4, -0.2) is 40.7 Å². The van der Waals surface area contributed by atoms with E-state index in [0.29, 0.717) is 34.8 Å². The average molecular weight is 417 g/mol. The van der Waals surface area contributed by atoms with Crippen molar-refractivity contribution in [2.45, 2.75) is 32.2 Å². The van der Waals surface area contributed by atoms with Gasteiger partial charge < -0.3 is 18.6 Å². The van der Waals surface area contributed by atoms with Crippen molar-refractivity contribution in [1.29, 1.82) is 0 Å². The van der Waals surface area contributed by atoms with Crippen LogP contribution in [0.15, 0.2) is 40.1 Å². The van der Waals surface area contributed by atoms with Crippen molar-refractivity contribution < 1.29 is 23.4 Å². The zero-order valence-electron chi connectivity index (χ0n) is 16.8.